The third kappa shape index (κ3) is 6.16. The number of carbonyl (C=O) groups is 1. The molecule has 0 atom stereocenters. The van der Waals surface area contributed by atoms with Gasteiger partial charge in [-0.05, 0) is 30.5 Å². The fraction of sp³-hybridized carbons (Fsp3) is 0.458. The summed E-state index contributed by atoms with van der Waals surface area (Å²) in [5, 5.41) is 0. The summed E-state index contributed by atoms with van der Waals surface area (Å²) in [6.07, 6.45) is 1.28. The van der Waals surface area contributed by atoms with Crippen molar-refractivity contribution in [1.29, 1.82) is 0 Å². The van der Waals surface area contributed by atoms with Crippen LogP contribution in [0.25, 0.3) is 0 Å². The molecule has 2 heterocycles. The summed E-state index contributed by atoms with van der Waals surface area (Å²) in [4.78, 5) is 19.6. The number of nitrogens with zero attached hydrogens (tertiary/aromatic N) is 3. The molecule has 8 heteroatoms. The van der Waals surface area contributed by atoms with E-state index in [2.05, 4.69) is 38.8 Å². The van der Waals surface area contributed by atoms with Gasteiger partial charge in [-0.15, -0.1) is 0 Å². The topological polar surface area (TPSA) is 73.0 Å². The van der Waals surface area contributed by atoms with Gasteiger partial charge in [-0.2, -0.15) is 0 Å². The number of nitrogens with one attached hydrogen (secondary N) is 1. The second kappa shape index (κ2) is 10.6. The summed E-state index contributed by atoms with van der Waals surface area (Å²) in [5.74, 6) is 0.144. The van der Waals surface area contributed by atoms with Gasteiger partial charge in [0.1, 0.15) is 0 Å². The highest BCUT2D eigenvalue weighted by Gasteiger charge is 2.28. The summed E-state index contributed by atoms with van der Waals surface area (Å²) in [7, 11) is -3.51. The first kappa shape index (κ1) is 22.9. The van der Waals surface area contributed by atoms with Gasteiger partial charge in [0, 0.05) is 51.9 Å². The molecular weight excluding hydrogens is 424 g/mol. The minimum absolute atomic E-state index is 0.134. The first-order valence-corrected chi connectivity index (χ1v) is 12.8. The van der Waals surface area contributed by atoms with Gasteiger partial charge in [0.2, 0.25) is 15.9 Å². The first-order chi connectivity index (χ1) is 15.5. The minimum Gasteiger partial charge on any atom is -0.341 e. The van der Waals surface area contributed by atoms with E-state index in [9.17, 15) is 13.2 Å². The lowest BCUT2D eigenvalue weighted by molar-refractivity contribution is -0.133. The van der Waals surface area contributed by atoms with Gasteiger partial charge >= 0.3 is 0 Å². The number of benzene rings is 2. The zero-order chi connectivity index (χ0) is 22.4. The molecule has 0 saturated carbocycles. The molecule has 0 radical (unpaired) electrons. The van der Waals surface area contributed by atoms with Crippen molar-refractivity contribution in [2.45, 2.75) is 30.3 Å². The molecule has 0 unspecified atom stereocenters. The number of likely N-dealkylation sites (tertiary alicyclic amines) is 1. The Hall–Kier alpha value is -2.26. The van der Waals surface area contributed by atoms with Crippen molar-refractivity contribution in [2.75, 3.05) is 45.8 Å². The monoisotopic (exact) mass is 456 g/mol. The van der Waals surface area contributed by atoms with Crippen LogP contribution < -0.4 is 4.72 Å². The molecular formula is C24H32N4O3S. The molecule has 2 aromatic carbocycles. The van der Waals surface area contributed by atoms with Gasteiger partial charge in [-0.3, -0.25) is 14.6 Å². The van der Waals surface area contributed by atoms with Crippen molar-refractivity contribution in [3.8, 4) is 0 Å². The SMILES string of the molecule is O=C(CN1CCN(Cc2ccccc2)CC1)N1CCC(NS(=O)(=O)c2ccccc2)CC1. The highest BCUT2D eigenvalue weighted by atomic mass is 32.2. The number of sulfonamides is 1. The number of piperidine rings is 1. The Morgan fingerprint density at radius 1 is 0.812 bits per heavy atom. The summed E-state index contributed by atoms with van der Waals surface area (Å²) in [6, 6.07) is 18.8. The number of rotatable bonds is 7. The van der Waals surface area contributed by atoms with Gasteiger partial charge in [0.25, 0.3) is 0 Å². The van der Waals surface area contributed by atoms with E-state index in [1.54, 1.807) is 30.3 Å². The third-order valence-electron chi connectivity index (χ3n) is 6.30. The molecule has 0 aliphatic carbocycles. The van der Waals surface area contributed by atoms with Crippen molar-refractivity contribution in [1.82, 2.24) is 19.4 Å². The van der Waals surface area contributed by atoms with Crippen molar-refractivity contribution >= 4 is 15.9 Å². The summed E-state index contributed by atoms with van der Waals surface area (Å²) < 4.78 is 27.8. The average molecular weight is 457 g/mol. The van der Waals surface area contributed by atoms with Gasteiger partial charge < -0.3 is 4.90 Å². The van der Waals surface area contributed by atoms with Crippen LogP contribution in [0.2, 0.25) is 0 Å². The molecule has 2 saturated heterocycles. The van der Waals surface area contributed by atoms with Crippen LogP contribution in [0.3, 0.4) is 0 Å². The van der Waals surface area contributed by atoms with Crippen LogP contribution in [-0.2, 0) is 21.4 Å². The normalized spacial score (nSPS) is 19.2. The lowest BCUT2D eigenvalue weighted by Gasteiger charge is -2.37. The van der Waals surface area contributed by atoms with E-state index >= 15 is 0 Å². The summed E-state index contributed by atoms with van der Waals surface area (Å²) >= 11 is 0. The van der Waals surface area contributed by atoms with E-state index in [0.717, 1.165) is 32.7 Å². The van der Waals surface area contributed by atoms with E-state index < -0.39 is 10.0 Å². The van der Waals surface area contributed by atoms with Gasteiger partial charge in [-0.25, -0.2) is 13.1 Å². The number of hydrogen-bond acceptors (Lipinski definition) is 5. The minimum atomic E-state index is -3.51. The molecule has 0 spiro atoms. The quantitative estimate of drug-likeness (QED) is 0.688. The van der Waals surface area contributed by atoms with Crippen LogP contribution in [0, 0.1) is 0 Å². The predicted octanol–water partition coefficient (Wildman–Crippen LogP) is 1.77. The zero-order valence-corrected chi connectivity index (χ0v) is 19.2. The van der Waals surface area contributed by atoms with Crippen molar-refractivity contribution in [3.63, 3.8) is 0 Å². The van der Waals surface area contributed by atoms with Gasteiger partial charge in [-0.1, -0.05) is 48.5 Å². The molecule has 172 valence electrons. The maximum atomic E-state index is 12.8. The first-order valence-electron chi connectivity index (χ1n) is 11.3. The van der Waals surface area contributed by atoms with Crippen molar-refractivity contribution in [2.24, 2.45) is 0 Å². The Morgan fingerprint density at radius 3 is 2.00 bits per heavy atom. The molecule has 0 aromatic heterocycles. The van der Waals surface area contributed by atoms with Crippen LogP contribution in [0.15, 0.2) is 65.6 Å². The zero-order valence-electron chi connectivity index (χ0n) is 18.4. The van der Waals surface area contributed by atoms with E-state index in [4.69, 9.17) is 0 Å². The van der Waals surface area contributed by atoms with Crippen LogP contribution >= 0.6 is 0 Å². The second-order valence-electron chi connectivity index (χ2n) is 8.63. The van der Waals surface area contributed by atoms with Gasteiger partial charge in [0.15, 0.2) is 0 Å². The molecule has 1 N–H and O–H groups in total. The van der Waals surface area contributed by atoms with Gasteiger partial charge in [0.05, 0.1) is 11.4 Å². The molecule has 1 amide bonds. The Kier molecular flexibility index (Phi) is 7.57. The second-order valence-corrected chi connectivity index (χ2v) is 10.3. The Morgan fingerprint density at radius 2 is 1.38 bits per heavy atom. The summed E-state index contributed by atoms with van der Waals surface area (Å²) in [5.41, 5.74) is 1.32. The van der Waals surface area contributed by atoms with Crippen LogP contribution in [-0.4, -0.2) is 80.9 Å². The average Bonchev–Trinajstić information content (AvgIpc) is 2.82. The van der Waals surface area contributed by atoms with E-state index in [1.165, 1.54) is 5.56 Å². The molecule has 0 bridgehead atoms. The van der Waals surface area contributed by atoms with E-state index in [-0.39, 0.29) is 16.8 Å². The number of carbonyl (C=O) groups excluding carboxylic acids is 1. The van der Waals surface area contributed by atoms with Crippen molar-refractivity contribution < 1.29 is 13.2 Å². The predicted molar refractivity (Wildman–Crippen MR) is 125 cm³/mol. The molecule has 2 aliphatic rings. The van der Waals surface area contributed by atoms with Crippen LogP contribution in [0.5, 0.6) is 0 Å². The van der Waals surface area contributed by atoms with Crippen LogP contribution in [0.4, 0.5) is 0 Å². The Labute approximate surface area is 191 Å². The molecule has 7 nitrogen and oxygen atoms in total. The van der Waals surface area contributed by atoms with Crippen molar-refractivity contribution in [3.05, 3.63) is 66.2 Å². The lowest BCUT2D eigenvalue weighted by Crippen LogP contribution is -2.52. The number of hydrogen-bond donors (Lipinski definition) is 1. The largest absolute Gasteiger partial charge is 0.341 e. The molecule has 2 fully saturated rings. The Balaban J connectivity index is 1.18. The number of amides is 1. The van der Waals surface area contributed by atoms with Crippen LogP contribution in [0.1, 0.15) is 18.4 Å². The maximum Gasteiger partial charge on any atom is 0.240 e. The highest BCUT2D eigenvalue weighted by Crippen LogP contribution is 2.16. The molecule has 2 aliphatic heterocycles. The van der Waals surface area contributed by atoms with E-state index in [1.807, 2.05) is 11.0 Å². The lowest BCUT2D eigenvalue weighted by atomic mass is 10.1. The molecule has 2 aromatic rings. The smallest absolute Gasteiger partial charge is 0.240 e. The fourth-order valence-corrected chi connectivity index (χ4v) is 5.70. The maximum absolute atomic E-state index is 12.8. The number of piperazine rings is 1. The molecule has 32 heavy (non-hydrogen) atoms. The highest BCUT2D eigenvalue weighted by molar-refractivity contribution is 7.89. The third-order valence-corrected chi connectivity index (χ3v) is 7.83. The van der Waals surface area contributed by atoms with E-state index in [0.29, 0.717) is 32.5 Å². The molecule has 4 rings (SSSR count). The standard InChI is InChI=1S/C24H32N4O3S/c29-24(20-27-17-15-26(16-18-27)19-21-7-3-1-4-8-21)28-13-11-22(12-14-28)25-32(30,31)23-9-5-2-6-10-23/h1-10,22,25H,11-20H2. The fourth-order valence-electron chi connectivity index (χ4n) is 4.37. The summed E-state index contributed by atoms with van der Waals surface area (Å²) in [6.45, 7) is 6.30. The Bertz CT molecular complexity index is 969.